The zero-order valence-electron chi connectivity index (χ0n) is 21.5. The Hall–Kier alpha value is -3.14. The summed E-state index contributed by atoms with van der Waals surface area (Å²) < 4.78 is 6.58. The van der Waals surface area contributed by atoms with Gasteiger partial charge in [-0.3, -0.25) is 4.99 Å². The fraction of sp³-hybridized carbons (Fsp3) is 0.407. The molecule has 194 valence electrons. The number of ether oxygens (including phenoxy) is 1. The highest BCUT2D eigenvalue weighted by Crippen LogP contribution is 2.35. The van der Waals surface area contributed by atoms with Crippen molar-refractivity contribution in [1.82, 2.24) is 9.97 Å². The van der Waals surface area contributed by atoms with Crippen molar-refractivity contribution in [2.75, 3.05) is 50.1 Å². The molecule has 3 aromatic rings. The van der Waals surface area contributed by atoms with Crippen LogP contribution in [0.5, 0.6) is 0 Å². The van der Waals surface area contributed by atoms with E-state index < -0.39 is 0 Å². The molecule has 4 rings (SSSR count). The average molecular weight is 511 g/mol. The third-order valence-electron chi connectivity index (χ3n) is 5.21. The molecule has 0 amide bonds. The summed E-state index contributed by atoms with van der Waals surface area (Å²) in [6.45, 7) is 13.1. The van der Waals surface area contributed by atoms with Crippen LogP contribution in [-0.2, 0) is 4.74 Å². The van der Waals surface area contributed by atoms with Gasteiger partial charge < -0.3 is 25.9 Å². The molecule has 36 heavy (non-hydrogen) atoms. The van der Waals surface area contributed by atoms with Crippen LogP contribution in [0.15, 0.2) is 41.4 Å². The summed E-state index contributed by atoms with van der Waals surface area (Å²) in [4.78, 5) is 16.4. The van der Waals surface area contributed by atoms with Crippen LogP contribution in [0, 0.1) is 12.3 Å². The third-order valence-corrected chi connectivity index (χ3v) is 6.24. The average Bonchev–Trinajstić information content (AvgIpc) is 3.28. The predicted octanol–water partition coefficient (Wildman–Crippen LogP) is 5.13. The number of allylic oxidation sites excluding steroid dienone is 2. The maximum atomic E-state index is 7.93. The normalized spacial score (nSPS) is 13.1. The lowest BCUT2D eigenvalue weighted by atomic mass is 10.1. The van der Waals surface area contributed by atoms with Gasteiger partial charge in [-0.05, 0) is 38.6 Å². The van der Waals surface area contributed by atoms with E-state index in [1.54, 1.807) is 17.4 Å². The minimum Gasteiger partial charge on any atom is -0.398 e. The number of morpholine rings is 1. The van der Waals surface area contributed by atoms with Gasteiger partial charge in [0.05, 0.1) is 36.6 Å². The number of nitrogen functional groups attached to an aromatic ring is 1. The van der Waals surface area contributed by atoms with Crippen molar-refractivity contribution in [2.45, 2.75) is 33.6 Å². The maximum absolute atomic E-state index is 7.93. The Labute approximate surface area is 218 Å². The van der Waals surface area contributed by atoms with Crippen molar-refractivity contribution in [2.24, 2.45) is 4.99 Å². The molecular weight excluding hydrogens is 472 g/mol. The van der Waals surface area contributed by atoms with Gasteiger partial charge in [-0.2, -0.15) is 0 Å². The molecule has 8 nitrogen and oxygen atoms in total. The molecule has 1 aromatic carbocycles. The third kappa shape index (κ3) is 8.22. The van der Waals surface area contributed by atoms with E-state index >= 15 is 0 Å². The zero-order chi connectivity index (χ0) is 26.3. The quantitative estimate of drug-likeness (QED) is 0.230. The largest absolute Gasteiger partial charge is 0.398 e. The Bertz CT molecular complexity index is 1130. The fourth-order valence-electron chi connectivity index (χ4n) is 3.49. The van der Waals surface area contributed by atoms with Crippen molar-refractivity contribution in [3.05, 3.63) is 46.9 Å². The summed E-state index contributed by atoms with van der Waals surface area (Å²) >= 11 is 1.71. The molecule has 0 unspecified atom stereocenters. The Morgan fingerprint density at radius 1 is 1.22 bits per heavy atom. The van der Waals surface area contributed by atoms with Gasteiger partial charge in [-0.25, -0.2) is 9.97 Å². The summed E-state index contributed by atoms with van der Waals surface area (Å²) in [5, 5.41) is 15.6. The highest BCUT2D eigenvalue weighted by molar-refractivity contribution is 7.19. The summed E-state index contributed by atoms with van der Waals surface area (Å²) in [6, 6.07) is 7.67. The standard InChI is InChI=1S/C18H19N5OS.C6H12.C3H7NO/c1-11-9-15-16(25-11)18(23-5-7-24-8-6-23)22-17(21-15)12-3-2-4-14(20)13(12)10-19;1-3-5-6-4-2;1-4-2-3-5/h2-4,9-10,19H,5-8,20H2,1H3;5-6H,3-4H2,1-2H3;5H,1-3H2/b;6-5-;. The molecule has 0 aliphatic carbocycles. The van der Waals surface area contributed by atoms with Crippen molar-refractivity contribution < 1.29 is 9.84 Å². The van der Waals surface area contributed by atoms with Crippen molar-refractivity contribution in [1.29, 1.82) is 5.41 Å². The van der Waals surface area contributed by atoms with E-state index in [4.69, 9.17) is 31.0 Å². The van der Waals surface area contributed by atoms with E-state index in [1.807, 2.05) is 12.1 Å². The van der Waals surface area contributed by atoms with E-state index in [0.29, 0.717) is 36.8 Å². The number of rotatable bonds is 7. The number of thiophene rings is 1. The van der Waals surface area contributed by atoms with Crippen LogP contribution in [0.25, 0.3) is 21.6 Å². The van der Waals surface area contributed by atoms with Gasteiger partial charge in [-0.1, -0.05) is 38.1 Å². The lowest BCUT2D eigenvalue weighted by Gasteiger charge is -2.28. The first-order valence-electron chi connectivity index (χ1n) is 12.2. The Kier molecular flexibility index (Phi) is 12.7. The van der Waals surface area contributed by atoms with Crippen LogP contribution in [0.2, 0.25) is 0 Å². The van der Waals surface area contributed by atoms with E-state index in [-0.39, 0.29) is 6.61 Å². The molecule has 2 aromatic heterocycles. The molecular formula is C27H38N6O2S. The topological polar surface area (TPSA) is 121 Å². The second kappa shape index (κ2) is 15.8. The SMILES string of the molecule is C=NCCO.CC/C=C\CC.Cc1cc2nc(-c3cccc(N)c3C=N)nc(N3CCOCC3)c2s1. The number of nitrogens with one attached hydrogen (secondary N) is 1. The van der Waals surface area contributed by atoms with Crippen LogP contribution in [0.4, 0.5) is 11.5 Å². The van der Waals surface area contributed by atoms with Crippen LogP contribution in [-0.4, -0.2) is 67.5 Å². The van der Waals surface area contributed by atoms with Gasteiger partial charge in [0, 0.05) is 41.0 Å². The van der Waals surface area contributed by atoms with Crippen LogP contribution in [0.1, 0.15) is 37.1 Å². The molecule has 3 heterocycles. The molecule has 0 radical (unpaired) electrons. The molecule has 1 aliphatic heterocycles. The summed E-state index contributed by atoms with van der Waals surface area (Å²) in [5.41, 5.74) is 8.97. The van der Waals surface area contributed by atoms with Crippen LogP contribution < -0.4 is 10.6 Å². The molecule has 1 saturated heterocycles. The minimum absolute atomic E-state index is 0.115. The number of aryl methyl sites for hydroxylation is 1. The van der Waals surface area contributed by atoms with E-state index in [1.165, 1.54) is 23.9 Å². The Balaban J connectivity index is 0.000000350. The first-order chi connectivity index (χ1) is 17.5. The van der Waals surface area contributed by atoms with E-state index in [9.17, 15) is 0 Å². The van der Waals surface area contributed by atoms with E-state index in [2.05, 4.69) is 55.6 Å². The number of nitrogens with two attached hydrogens (primary N) is 1. The van der Waals surface area contributed by atoms with Crippen LogP contribution >= 0.6 is 11.3 Å². The Morgan fingerprint density at radius 2 is 1.92 bits per heavy atom. The van der Waals surface area contributed by atoms with Gasteiger partial charge in [-0.15, -0.1) is 11.3 Å². The van der Waals surface area contributed by atoms with Crippen molar-refractivity contribution >= 4 is 46.0 Å². The summed E-state index contributed by atoms with van der Waals surface area (Å²) in [5.74, 6) is 1.55. The van der Waals surface area contributed by atoms with Gasteiger partial charge in [0.2, 0.25) is 0 Å². The fourth-order valence-corrected chi connectivity index (χ4v) is 4.46. The van der Waals surface area contributed by atoms with Crippen molar-refractivity contribution in [3.63, 3.8) is 0 Å². The lowest BCUT2D eigenvalue weighted by molar-refractivity contribution is 0.122. The van der Waals surface area contributed by atoms with Gasteiger partial charge in [0.25, 0.3) is 0 Å². The Morgan fingerprint density at radius 3 is 2.47 bits per heavy atom. The second-order valence-electron chi connectivity index (χ2n) is 7.95. The first kappa shape index (κ1) is 29.1. The summed E-state index contributed by atoms with van der Waals surface area (Å²) in [6.07, 6.45) is 7.98. The lowest BCUT2D eigenvalue weighted by Crippen LogP contribution is -2.36. The number of fused-ring (bicyclic) bond motifs is 1. The number of hydrogen-bond donors (Lipinski definition) is 3. The number of aromatic nitrogens is 2. The molecule has 0 atom stereocenters. The minimum atomic E-state index is 0.115. The monoisotopic (exact) mass is 510 g/mol. The molecule has 1 fully saturated rings. The maximum Gasteiger partial charge on any atom is 0.162 e. The number of nitrogens with zero attached hydrogens (tertiary/aromatic N) is 4. The second-order valence-corrected chi connectivity index (χ2v) is 9.21. The summed E-state index contributed by atoms with van der Waals surface area (Å²) in [7, 11) is 0. The van der Waals surface area contributed by atoms with Gasteiger partial charge in [0.15, 0.2) is 11.6 Å². The number of benzene rings is 1. The number of aliphatic hydroxyl groups is 1. The smallest absolute Gasteiger partial charge is 0.162 e. The molecule has 0 spiro atoms. The highest BCUT2D eigenvalue weighted by Gasteiger charge is 2.20. The molecule has 4 N–H and O–H groups in total. The predicted molar refractivity (Wildman–Crippen MR) is 154 cm³/mol. The number of aliphatic hydroxyl groups excluding tert-OH is 1. The molecule has 0 bridgehead atoms. The zero-order valence-corrected chi connectivity index (χ0v) is 22.4. The molecule has 9 heteroatoms. The van der Waals surface area contributed by atoms with Gasteiger partial charge in [0.1, 0.15) is 0 Å². The first-order valence-corrected chi connectivity index (χ1v) is 13.0. The van der Waals surface area contributed by atoms with Crippen LogP contribution in [0.3, 0.4) is 0 Å². The van der Waals surface area contributed by atoms with Gasteiger partial charge >= 0.3 is 0 Å². The molecule has 1 aliphatic rings. The number of anilines is 2. The highest BCUT2D eigenvalue weighted by atomic mass is 32.1. The molecule has 0 saturated carbocycles. The number of hydrogen-bond acceptors (Lipinski definition) is 9. The van der Waals surface area contributed by atoms with Crippen molar-refractivity contribution in [3.8, 4) is 11.4 Å². The van der Waals surface area contributed by atoms with E-state index in [0.717, 1.165) is 34.7 Å². The number of aliphatic imine (C=N–C) groups is 1.